The molecule has 1 rings (SSSR count). The molecule has 0 spiro atoms. The van der Waals surface area contributed by atoms with Crippen LogP contribution in [0.4, 0.5) is 0 Å². The lowest BCUT2D eigenvalue weighted by atomic mass is 9.90. The van der Waals surface area contributed by atoms with Gasteiger partial charge in [-0.1, -0.05) is 25.0 Å². The highest BCUT2D eigenvalue weighted by Crippen LogP contribution is 2.35. The van der Waals surface area contributed by atoms with Gasteiger partial charge in [0, 0.05) is 49.4 Å². The molecule has 0 aliphatic heterocycles. The van der Waals surface area contributed by atoms with E-state index in [1.807, 2.05) is 33.8 Å². The van der Waals surface area contributed by atoms with E-state index in [2.05, 4.69) is 6.08 Å². The molecule has 1 aliphatic carbocycles. The molecule has 0 saturated heterocycles. The number of rotatable bonds is 18. The first kappa shape index (κ1) is 27.7. The third-order valence-corrected chi connectivity index (χ3v) is 5.48. The topological polar surface area (TPSA) is 97.1 Å². The molecule has 0 bridgehead atoms. The third-order valence-electron chi connectivity index (χ3n) is 5.48. The van der Waals surface area contributed by atoms with Gasteiger partial charge in [0.1, 0.15) is 5.78 Å². The Hall–Kier alpha value is -1.35. The second kappa shape index (κ2) is 16.3. The second-order valence-corrected chi connectivity index (χ2v) is 7.92. The molecule has 0 aromatic heterocycles. The predicted octanol–water partition coefficient (Wildman–Crippen LogP) is 4.53. The number of allylic oxidation sites excluding steroid dienone is 1. The van der Waals surface area contributed by atoms with Gasteiger partial charge in [0.05, 0.1) is 6.10 Å². The number of nitrogens with zero attached hydrogens (tertiary/aromatic N) is 1. The van der Waals surface area contributed by atoms with Crippen molar-refractivity contribution in [3.63, 3.8) is 0 Å². The van der Waals surface area contributed by atoms with Crippen LogP contribution in [0.5, 0.6) is 0 Å². The van der Waals surface area contributed by atoms with Crippen LogP contribution < -0.4 is 0 Å². The van der Waals surface area contributed by atoms with Crippen LogP contribution in [0, 0.1) is 22.0 Å². The van der Waals surface area contributed by atoms with Gasteiger partial charge < -0.3 is 18.9 Å². The van der Waals surface area contributed by atoms with E-state index in [1.54, 1.807) is 0 Å². The summed E-state index contributed by atoms with van der Waals surface area (Å²) in [6, 6.07) is 0. The fourth-order valence-electron chi connectivity index (χ4n) is 3.98. The zero-order valence-electron chi connectivity index (χ0n) is 19.6. The van der Waals surface area contributed by atoms with Crippen molar-refractivity contribution in [1.29, 1.82) is 0 Å². The van der Waals surface area contributed by atoms with Gasteiger partial charge in [-0.2, -0.15) is 0 Å². The Morgan fingerprint density at radius 2 is 1.74 bits per heavy atom. The molecule has 8 heteroatoms. The Morgan fingerprint density at radius 3 is 2.42 bits per heavy atom. The van der Waals surface area contributed by atoms with Crippen molar-refractivity contribution >= 4 is 5.78 Å². The van der Waals surface area contributed by atoms with Crippen LogP contribution in [0.15, 0.2) is 12.2 Å². The molecule has 0 amide bonds. The molecule has 0 aromatic rings. The normalized spacial score (nSPS) is 23.5. The lowest BCUT2D eigenvalue weighted by molar-refractivity contribution is -0.481. The van der Waals surface area contributed by atoms with Crippen molar-refractivity contribution in [1.82, 2.24) is 0 Å². The van der Waals surface area contributed by atoms with Gasteiger partial charge in [0.15, 0.2) is 12.6 Å². The Kier molecular flexibility index (Phi) is 14.6. The number of ether oxygens (including phenoxy) is 4. The molecule has 1 fully saturated rings. The Bertz CT molecular complexity index is 540. The van der Waals surface area contributed by atoms with E-state index < -0.39 is 6.29 Å². The van der Waals surface area contributed by atoms with Crippen LogP contribution in [0.25, 0.3) is 0 Å². The molecule has 3 unspecified atom stereocenters. The summed E-state index contributed by atoms with van der Waals surface area (Å²) in [5.74, 6) is -0.444. The molecule has 31 heavy (non-hydrogen) atoms. The van der Waals surface area contributed by atoms with E-state index >= 15 is 0 Å². The van der Waals surface area contributed by atoms with E-state index in [1.165, 1.54) is 0 Å². The first-order valence-electron chi connectivity index (χ1n) is 11.7. The number of ketones is 1. The number of unbranched alkanes of at least 4 members (excludes halogenated alkanes) is 4. The highest BCUT2D eigenvalue weighted by atomic mass is 16.7. The summed E-state index contributed by atoms with van der Waals surface area (Å²) in [6.07, 6.45) is 9.01. The van der Waals surface area contributed by atoms with E-state index in [0.717, 1.165) is 32.1 Å². The minimum absolute atomic E-state index is 0.0477. The summed E-state index contributed by atoms with van der Waals surface area (Å²) in [6.45, 7) is 9.27. The van der Waals surface area contributed by atoms with E-state index in [4.69, 9.17) is 18.9 Å². The number of carbonyl (C=O) groups excluding carboxylic acids is 1. The average molecular weight is 444 g/mol. The van der Waals surface area contributed by atoms with Crippen LogP contribution in [0.1, 0.15) is 72.6 Å². The third kappa shape index (κ3) is 11.7. The van der Waals surface area contributed by atoms with Crippen LogP contribution in [0.3, 0.4) is 0 Å². The van der Waals surface area contributed by atoms with Crippen LogP contribution >= 0.6 is 0 Å². The lowest BCUT2D eigenvalue weighted by Gasteiger charge is -2.24. The van der Waals surface area contributed by atoms with E-state index in [-0.39, 0.29) is 54.3 Å². The maximum atomic E-state index is 12.5. The van der Waals surface area contributed by atoms with Crippen LogP contribution in [-0.4, -0.2) is 55.8 Å². The van der Waals surface area contributed by atoms with Gasteiger partial charge >= 0.3 is 0 Å². The second-order valence-electron chi connectivity index (χ2n) is 7.92. The summed E-state index contributed by atoms with van der Waals surface area (Å²) >= 11 is 0. The Balaban J connectivity index is 2.43. The van der Waals surface area contributed by atoms with Crippen molar-refractivity contribution in [2.24, 2.45) is 11.8 Å². The number of hydrogen-bond acceptors (Lipinski definition) is 7. The molecule has 0 radical (unpaired) electrons. The molecule has 8 nitrogen and oxygen atoms in total. The van der Waals surface area contributed by atoms with Crippen LogP contribution in [-0.2, 0) is 23.7 Å². The summed E-state index contributed by atoms with van der Waals surface area (Å²) in [5.41, 5.74) is 0. The number of hydrogen-bond donors (Lipinski definition) is 0. The van der Waals surface area contributed by atoms with Gasteiger partial charge in [0.2, 0.25) is 6.54 Å². The summed E-state index contributed by atoms with van der Waals surface area (Å²) in [4.78, 5) is 22.9. The lowest BCUT2D eigenvalue weighted by Crippen LogP contribution is -2.27. The van der Waals surface area contributed by atoms with E-state index in [0.29, 0.717) is 19.8 Å². The summed E-state index contributed by atoms with van der Waals surface area (Å²) in [7, 11) is 0. The molecule has 1 aliphatic rings. The zero-order chi connectivity index (χ0) is 23.1. The quantitative estimate of drug-likeness (QED) is 0.101. The maximum absolute atomic E-state index is 12.5. The minimum Gasteiger partial charge on any atom is -0.353 e. The fourth-order valence-corrected chi connectivity index (χ4v) is 3.98. The van der Waals surface area contributed by atoms with Crippen molar-refractivity contribution in [2.45, 2.75) is 91.3 Å². The first-order valence-corrected chi connectivity index (χ1v) is 11.7. The summed E-state index contributed by atoms with van der Waals surface area (Å²) in [5, 5.41) is 10.8. The van der Waals surface area contributed by atoms with Crippen LogP contribution in [0.2, 0.25) is 0 Å². The van der Waals surface area contributed by atoms with Gasteiger partial charge in [0.25, 0.3) is 0 Å². The van der Waals surface area contributed by atoms with Crippen molar-refractivity contribution in [3.8, 4) is 0 Å². The molecule has 180 valence electrons. The highest BCUT2D eigenvalue weighted by Gasteiger charge is 2.42. The Morgan fingerprint density at radius 1 is 1.06 bits per heavy atom. The molecule has 0 heterocycles. The maximum Gasteiger partial charge on any atom is 0.204 e. The number of Topliss-reactive ketones (excluding diaryl/α,β-unsaturated/α-hetero) is 1. The molecule has 0 aromatic carbocycles. The van der Waals surface area contributed by atoms with Gasteiger partial charge in [-0.25, -0.2) is 0 Å². The molecule has 0 N–H and O–H groups in total. The highest BCUT2D eigenvalue weighted by molar-refractivity contribution is 5.84. The van der Waals surface area contributed by atoms with Crippen molar-refractivity contribution in [2.75, 3.05) is 26.4 Å². The molecule has 5 atom stereocenters. The molecular formula is C23H41NO7. The van der Waals surface area contributed by atoms with Gasteiger partial charge in [-0.05, 0) is 47.0 Å². The summed E-state index contributed by atoms with van der Waals surface area (Å²) < 4.78 is 22.3. The SMILES string of the molecule is CCOC(C)OCCCCCCC=C[C@@H]1C(OC(C)OCC)CC(=O)[C@@H]1CC[N+](=O)[O-]. The van der Waals surface area contributed by atoms with Crippen molar-refractivity contribution < 1.29 is 28.7 Å². The molecular weight excluding hydrogens is 402 g/mol. The standard InChI is InChI=1S/C23H41NO7/c1-5-28-18(3)30-16-12-10-8-7-9-11-13-21-20(14-15-24(26)27)22(25)17-23(21)31-19(4)29-6-2/h11,13,18-21,23H,5-10,12,14-17H2,1-4H3/t18?,19?,20-,21+,23?/m1/s1. The van der Waals surface area contributed by atoms with Gasteiger partial charge in [-0.15, -0.1) is 0 Å². The zero-order valence-corrected chi connectivity index (χ0v) is 19.6. The van der Waals surface area contributed by atoms with E-state index in [9.17, 15) is 14.9 Å². The first-order chi connectivity index (χ1) is 14.9. The fraction of sp³-hybridized carbons (Fsp3) is 0.870. The molecule has 1 saturated carbocycles. The predicted molar refractivity (Wildman–Crippen MR) is 118 cm³/mol. The number of nitro groups is 1. The van der Waals surface area contributed by atoms with Gasteiger partial charge in [-0.3, -0.25) is 14.9 Å². The monoisotopic (exact) mass is 443 g/mol. The smallest absolute Gasteiger partial charge is 0.204 e. The Labute approximate surface area is 186 Å². The number of carbonyl (C=O) groups is 1. The van der Waals surface area contributed by atoms with Crippen molar-refractivity contribution in [3.05, 3.63) is 22.3 Å². The average Bonchev–Trinajstić information content (AvgIpc) is 2.99. The largest absolute Gasteiger partial charge is 0.353 e. The minimum atomic E-state index is -0.402.